The molecule has 0 aliphatic carbocycles. The number of rotatable bonds is 4. The number of aryl methyl sites for hydroxylation is 1. The third-order valence-corrected chi connectivity index (χ3v) is 3.61. The van der Waals surface area contributed by atoms with Crippen molar-refractivity contribution in [1.29, 1.82) is 0 Å². The minimum atomic E-state index is -0.356. The molecule has 17 heavy (non-hydrogen) atoms. The van der Waals surface area contributed by atoms with Crippen LogP contribution in [-0.2, 0) is 11.2 Å². The fourth-order valence-corrected chi connectivity index (χ4v) is 2.49. The van der Waals surface area contributed by atoms with Crippen LogP contribution in [0, 0.1) is 12.7 Å². The van der Waals surface area contributed by atoms with Crippen LogP contribution in [0.2, 0.25) is 0 Å². The van der Waals surface area contributed by atoms with E-state index >= 15 is 0 Å². The maximum absolute atomic E-state index is 13.5. The van der Waals surface area contributed by atoms with E-state index in [1.54, 1.807) is 18.2 Å². The van der Waals surface area contributed by atoms with Crippen molar-refractivity contribution in [3.63, 3.8) is 0 Å². The molecule has 0 spiro atoms. The molecule has 2 aromatic rings. The highest BCUT2D eigenvalue weighted by Crippen LogP contribution is 2.23. The Morgan fingerprint density at radius 1 is 1.47 bits per heavy atom. The first-order valence-electron chi connectivity index (χ1n) is 5.31. The highest BCUT2D eigenvalue weighted by atomic mass is 32.1. The minimum Gasteiger partial charge on any atom is -0.303 e. The first-order chi connectivity index (χ1) is 8.20. The second-order valence-electron chi connectivity index (χ2n) is 3.87. The molecule has 1 unspecified atom stereocenters. The minimum absolute atomic E-state index is 0.271. The normalized spacial score (nSPS) is 12.4. The number of thiazole rings is 1. The first kappa shape index (κ1) is 11.9. The number of hydrogen-bond acceptors (Lipinski definition) is 3. The van der Waals surface area contributed by atoms with Gasteiger partial charge in [-0.2, -0.15) is 0 Å². The van der Waals surface area contributed by atoms with Crippen LogP contribution in [0.3, 0.4) is 0 Å². The third-order valence-electron chi connectivity index (χ3n) is 2.52. The van der Waals surface area contributed by atoms with Crippen molar-refractivity contribution in [2.75, 3.05) is 0 Å². The molecule has 0 fully saturated rings. The van der Waals surface area contributed by atoms with Crippen molar-refractivity contribution in [3.05, 3.63) is 51.7 Å². The van der Waals surface area contributed by atoms with Gasteiger partial charge in [0.15, 0.2) is 0 Å². The van der Waals surface area contributed by atoms with E-state index in [2.05, 4.69) is 4.98 Å². The van der Waals surface area contributed by atoms with Gasteiger partial charge in [-0.25, -0.2) is 9.37 Å². The molecule has 0 saturated heterocycles. The lowest BCUT2D eigenvalue weighted by Gasteiger charge is -2.07. The van der Waals surface area contributed by atoms with E-state index in [9.17, 15) is 9.18 Å². The fraction of sp³-hybridized carbons (Fsp3) is 0.231. The second-order valence-corrected chi connectivity index (χ2v) is 4.75. The van der Waals surface area contributed by atoms with Gasteiger partial charge < -0.3 is 4.79 Å². The van der Waals surface area contributed by atoms with Crippen LogP contribution in [0.15, 0.2) is 29.6 Å². The summed E-state index contributed by atoms with van der Waals surface area (Å²) in [7, 11) is 0. The van der Waals surface area contributed by atoms with E-state index < -0.39 is 0 Å². The SMILES string of the molecule is Cc1csc(C(C=O)Cc2ccccc2F)n1. The van der Waals surface area contributed by atoms with Gasteiger partial charge in [0, 0.05) is 11.1 Å². The van der Waals surface area contributed by atoms with Crippen molar-refractivity contribution in [2.24, 2.45) is 0 Å². The molecule has 1 aromatic heterocycles. The standard InChI is InChI=1S/C13H12FNOS/c1-9-8-17-13(15-9)11(7-16)6-10-4-2-3-5-12(10)14/h2-5,7-8,11H,6H2,1H3. The van der Waals surface area contributed by atoms with E-state index in [4.69, 9.17) is 0 Å². The maximum Gasteiger partial charge on any atom is 0.130 e. The number of benzene rings is 1. The quantitative estimate of drug-likeness (QED) is 0.779. The molecule has 1 aromatic carbocycles. The largest absolute Gasteiger partial charge is 0.303 e. The summed E-state index contributed by atoms with van der Waals surface area (Å²) in [5.74, 6) is -0.627. The van der Waals surface area contributed by atoms with Crippen LogP contribution in [0.1, 0.15) is 22.2 Å². The molecule has 0 radical (unpaired) electrons. The Balaban J connectivity index is 2.21. The molecule has 0 aliphatic rings. The smallest absolute Gasteiger partial charge is 0.130 e. The molecular formula is C13H12FNOS. The van der Waals surface area contributed by atoms with Crippen LogP contribution >= 0.6 is 11.3 Å². The molecule has 1 atom stereocenters. The van der Waals surface area contributed by atoms with Crippen molar-refractivity contribution in [2.45, 2.75) is 19.3 Å². The topological polar surface area (TPSA) is 30.0 Å². The molecule has 0 bridgehead atoms. The zero-order chi connectivity index (χ0) is 12.3. The lowest BCUT2D eigenvalue weighted by atomic mass is 10.0. The Morgan fingerprint density at radius 2 is 2.24 bits per heavy atom. The van der Waals surface area contributed by atoms with Crippen LogP contribution in [0.4, 0.5) is 4.39 Å². The summed E-state index contributed by atoms with van der Waals surface area (Å²) < 4.78 is 13.5. The Hall–Kier alpha value is -1.55. The molecular weight excluding hydrogens is 237 g/mol. The van der Waals surface area contributed by atoms with Crippen LogP contribution in [0.5, 0.6) is 0 Å². The van der Waals surface area contributed by atoms with E-state index in [-0.39, 0.29) is 11.7 Å². The summed E-state index contributed by atoms with van der Waals surface area (Å²) >= 11 is 1.44. The van der Waals surface area contributed by atoms with Gasteiger partial charge in [0.1, 0.15) is 17.1 Å². The molecule has 0 saturated carbocycles. The average molecular weight is 249 g/mol. The molecule has 1 heterocycles. The second kappa shape index (κ2) is 5.19. The first-order valence-corrected chi connectivity index (χ1v) is 6.19. The Morgan fingerprint density at radius 3 is 2.82 bits per heavy atom. The summed E-state index contributed by atoms with van der Waals surface area (Å²) in [5, 5.41) is 2.65. The van der Waals surface area contributed by atoms with E-state index in [0.717, 1.165) is 17.0 Å². The van der Waals surface area contributed by atoms with E-state index in [0.29, 0.717) is 12.0 Å². The monoisotopic (exact) mass is 249 g/mol. The third kappa shape index (κ3) is 2.77. The molecule has 4 heteroatoms. The van der Waals surface area contributed by atoms with Gasteiger partial charge in [0.25, 0.3) is 0 Å². The van der Waals surface area contributed by atoms with Gasteiger partial charge in [0.05, 0.1) is 5.92 Å². The average Bonchev–Trinajstić information content (AvgIpc) is 2.75. The highest BCUT2D eigenvalue weighted by Gasteiger charge is 2.16. The zero-order valence-electron chi connectivity index (χ0n) is 9.39. The van der Waals surface area contributed by atoms with Crippen LogP contribution < -0.4 is 0 Å². The highest BCUT2D eigenvalue weighted by molar-refractivity contribution is 7.09. The lowest BCUT2D eigenvalue weighted by molar-refractivity contribution is -0.109. The van der Waals surface area contributed by atoms with E-state index in [1.165, 1.54) is 17.4 Å². The number of aromatic nitrogens is 1. The van der Waals surface area contributed by atoms with Crippen molar-refractivity contribution in [3.8, 4) is 0 Å². The lowest BCUT2D eigenvalue weighted by Crippen LogP contribution is -2.05. The number of hydrogen-bond donors (Lipinski definition) is 0. The fourth-order valence-electron chi connectivity index (χ4n) is 1.64. The summed E-state index contributed by atoms with van der Waals surface area (Å²) in [6.07, 6.45) is 1.20. The van der Waals surface area contributed by atoms with Gasteiger partial charge in [-0.15, -0.1) is 11.3 Å². The number of aldehydes is 1. The van der Waals surface area contributed by atoms with Gasteiger partial charge in [-0.05, 0) is 25.0 Å². The summed E-state index contributed by atoms with van der Waals surface area (Å²) in [6.45, 7) is 1.88. The Bertz CT molecular complexity index is 524. The summed E-state index contributed by atoms with van der Waals surface area (Å²) in [5.41, 5.74) is 1.45. The number of carbonyl (C=O) groups excluding carboxylic acids is 1. The molecule has 2 rings (SSSR count). The summed E-state index contributed by atoms with van der Waals surface area (Å²) in [6, 6.07) is 6.52. The van der Waals surface area contributed by atoms with Crippen LogP contribution in [0.25, 0.3) is 0 Å². The predicted octanol–water partition coefficient (Wildman–Crippen LogP) is 3.12. The van der Waals surface area contributed by atoms with Crippen molar-refractivity contribution in [1.82, 2.24) is 4.98 Å². The molecule has 0 N–H and O–H groups in total. The molecule has 0 aliphatic heterocycles. The van der Waals surface area contributed by atoms with Gasteiger partial charge in [-0.1, -0.05) is 18.2 Å². The Labute approximate surface area is 103 Å². The van der Waals surface area contributed by atoms with Crippen molar-refractivity contribution >= 4 is 17.6 Å². The maximum atomic E-state index is 13.5. The van der Waals surface area contributed by atoms with Gasteiger partial charge in [-0.3, -0.25) is 0 Å². The molecule has 88 valence electrons. The number of carbonyl (C=O) groups is 1. The predicted molar refractivity (Wildman–Crippen MR) is 65.8 cm³/mol. The zero-order valence-corrected chi connectivity index (χ0v) is 10.2. The van der Waals surface area contributed by atoms with Crippen LogP contribution in [-0.4, -0.2) is 11.3 Å². The molecule has 2 nitrogen and oxygen atoms in total. The number of nitrogens with zero attached hydrogens (tertiary/aromatic N) is 1. The molecule has 0 amide bonds. The van der Waals surface area contributed by atoms with Gasteiger partial charge in [0.2, 0.25) is 0 Å². The summed E-state index contributed by atoms with van der Waals surface area (Å²) in [4.78, 5) is 15.3. The Kier molecular flexibility index (Phi) is 3.64. The van der Waals surface area contributed by atoms with Gasteiger partial charge >= 0.3 is 0 Å². The number of halogens is 1. The van der Waals surface area contributed by atoms with E-state index in [1.807, 2.05) is 12.3 Å². The van der Waals surface area contributed by atoms with Crippen molar-refractivity contribution < 1.29 is 9.18 Å².